The van der Waals surface area contributed by atoms with Gasteiger partial charge in [0.2, 0.25) is 15.9 Å². The fourth-order valence-corrected chi connectivity index (χ4v) is 3.37. The number of amides is 1. The normalized spacial score (nSPS) is 11.0. The number of hydrogen-bond acceptors (Lipinski definition) is 5. The highest BCUT2D eigenvalue weighted by molar-refractivity contribution is 7.89. The fraction of sp³-hybridized carbons (Fsp3) is 0.278. The summed E-state index contributed by atoms with van der Waals surface area (Å²) in [6.07, 6.45) is 0. The Balaban J connectivity index is 1.99. The standard InChI is InChI=1S/C18H22N2O5S/c1-13-4-6-14(7-5-13)11-19-18(21)12-20-26(22,23)17-10-15(24-2)8-9-16(17)25-3/h4-10,20H,11-12H2,1-3H3,(H,19,21). The van der Waals surface area contributed by atoms with Crippen molar-refractivity contribution in [2.75, 3.05) is 20.8 Å². The van der Waals surface area contributed by atoms with Gasteiger partial charge >= 0.3 is 0 Å². The molecule has 0 aliphatic rings. The summed E-state index contributed by atoms with van der Waals surface area (Å²) < 4.78 is 37.3. The molecule has 2 rings (SSSR count). The molecule has 140 valence electrons. The van der Waals surface area contributed by atoms with Gasteiger partial charge in [-0.15, -0.1) is 0 Å². The first-order valence-corrected chi connectivity index (χ1v) is 9.38. The first-order chi connectivity index (χ1) is 12.4. The van der Waals surface area contributed by atoms with E-state index in [0.717, 1.165) is 11.1 Å². The lowest BCUT2D eigenvalue weighted by Crippen LogP contribution is -2.36. The molecule has 0 atom stereocenters. The predicted octanol–water partition coefficient (Wildman–Crippen LogP) is 1.61. The molecule has 1 amide bonds. The first-order valence-electron chi connectivity index (χ1n) is 7.89. The second-order valence-electron chi connectivity index (χ2n) is 5.60. The summed E-state index contributed by atoms with van der Waals surface area (Å²) in [5, 5.41) is 2.67. The van der Waals surface area contributed by atoms with Crippen LogP contribution < -0.4 is 19.5 Å². The molecule has 0 fully saturated rings. The van der Waals surface area contributed by atoms with Crippen molar-refractivity contribution in [3.05, 3.63) is 53.6 Å². The molecule has 2 aromatic carbocycles. The van der Waals surface area contributed by atoms with E-state index in [1.807, 2.05) is 31.2 Å². The molecule has 8 heteroatoms. The van der Waals surface area contributed by atoms with E-state index >= 15 is 0 Å². The second kappa shape index (κ2) is 8.68. The van der Waals surface area contributed by atoms with Crippen LogP contribution in [0, 0.1) is 6.92 Å². The maximum absolute atomic E-state index is 12.5. The van der Waals surface area contributed by atoms with Crippen LogP contribution in [0.2, 0.25) is 0 Å². The zero-order chi connectivity index (χ0) is 19.2. The van der Waals surface area contributed by atoms with Gasteiger partial charge in [-0.2, -0.15) is 0 Å². The van der Waals surface area contributed by atoms with Crippen LogP contribution in [0.5, 0.6) is 11.5 Å². The highest BCUT2D eigenvalue weighted by atomic mass is 32.2. The summed E-state index contributed by atoms with van der Waals surface area (Å²) in [6, 6.07) is 12.1. The van der Waals surface area contributed by atoms with E-state index in [4.69, 9.17) is 9.47 Å². The molecule has 0 bridgehead atoms. The average Bonchev–Trinajstić information content (AvgIpc) is 2.65. The monoisotopic (exact) mass is 378 g/mol. The Labute approximate surface area is 153 Å². The van der Waals surface area contributed by atoms with E-state index in [1.54, 1.807) is 6.07 Å². The van der Waals surface area contributed by atoms with Crippen LogP contribution in [0.3, 0.4) is 0 Å². The van der Waals surface area contributed by atoms with Crippen molar-refractivity contribution < 1.29 is 22.7 Å². The lowest BCUT2D eigenvalue weighted by atomic mass is 10.1. The molecule has 0 aromatic heterocycles. The molecule has 0 spiro atoms. The molecule has 2 N–H and O–H groups in total. The summed E-state index contributed by atoms with van der Waals surface area (Å²) in [7, 11) is -1.13. The summed E-state index contributed by atoms with van der Waals surface area (Å²) in [5.41, 5.74) is 2.06. The SMILES string of the molecule is COc1ccc(OC)c(S(=O)(=O)NCC(=O)NCc2ccc(C)cc2)c1. The molecule has 0 unspecified atom stereocenters. The van der Waals surface area contributed by atoms with Crippen molar-refractivity contribution in [2.45, 2.75) is 18.4 Å². The fourth-order valence-electron chi connectivity index (χ4n) is 2.20. The summed E-state index contributed by atoms with van der Waals surface area (Å²) in [5.74, 6) is 0.101. The van der Waals surface area contributed by atoms with Gasteiger partial charge in [0.25, 0.3) is 0 Å². The van der Waals surface area contributed by atoms with Crippen LogP contribution in [0.4, 0.5) is 0 Å². The first kappa shape index (κ1) is 19.7. The van der Waals surface area contributed by atoms with Gasteiger partial charge in [-0.05, 0) is 24.6 Å². The van der Waals surface area contributed by atoms with Crippen molar-refractivity contribution in [3.63, 3.8) is 0 Å². The van der Waals surface area contributed by atoms with Gasteiger partial charge in [0, 0.05) is 12.6 Å². The number of rotatable bonds is 8. The highest BCUT2D eigenvalue weighted by Crippen LogP contribution is 2.27. The van der Waals surface area contributed by atoms with Gasteiger partial charge in [0.15, 0.2) is 0 Å². The van der Waals surface area contributed by atoms with E-state index < -0.39 is 15.9 Å². The molecule has 0 heterocycles. The van der Waals surface area contributed by atoms with Crippen molar-refractivity contribution in [3.8, 4) is 11.5 Å². The van der Waals surface area contributed by atoms with E-state index in [0.29, 0.717) is 12.3 Å². The number of nitrogens with one attached hydrogen (secondary N) is 2. The number of hydrogen-bond donors (Lipinski definition) is 2. The molecule has 0 aliphatic carbocycles. The van der Waals surface area contributed by atoms with E-state index in [9.17, 15) is 13.2 Å². The molecule has 0 saturated heterocycles. The van der Waals surface area contributed by atoms with E-state index in [-0.39, 0.29) is 17.2 Å². The third kappa shape index (κ3) is 5.21. The zero-order valence-corrected chi connectivity index (χ0v) is 15.7. The Hall–Kier alpha value is -2.58. The Morgan fingerprint density at radius 3 is 2.35 bits per heavy atom. The Morgan fingerprint density at radius 2 is 1.73 bits per heavy atom. The average molecular weight is 378 g/mol. The predicted molar refractivity (Wildman–Crippen MR) is 97.8 cm³/mol. The minimum absolute atomic E-state index is 0.0920. The van der Waals surface area contributed by atoms with Gasteiger partial charge in [0.05, 0.1) is 20.8 Å². The van der Waals surface area contributed by atoms with Crippen LogP contribution in [-0.4, -0.2) is 35.1 Å². The van der Waals surface area contributed by atoms with E-state index in [2.05, 4.69) is 10.0 Å². The largest absolute Gasteiger partial charge is 0.497 e. The smallest absolute Gasteiger partial charge is 0.244 e. The minimum atomic E-state index is -3.94. The Morgan fingerprint density at radius 1 is 1.04 bits per heavy atom. The topological polar surface area (TPSA) is 93.7 Å². The van der Waals surface area contributed by atoms with Crippen molar-refractivity contribution in [1.29, 1.82) is 0 Å². The maximum atomic E-state index is 12.5. The van der Waals surface area contributed by atoms with Gasteiger partial charge in [-0.1, -0.05) is 29.8 Å². The third-order valence-electron chi connectivity index (χ3n) is 3.69. The number of methoxy groups -OCH3 is 2. The maximum Gasteiger partial charge on any atom is 0.244 e. The molecule has 0 radical (unpaired) electrons. The van der Waals surface area contributed by atoms with Crippen LogP contribution in [0.25, 0.3) is 0 Å². The lowest BCUT2D eigenvalue weighted by molar-refractivity contribution is -0.120. The van der Waals surface area contributed by atoms with Crippen LogP contribution in [0.15, 0.2) is 47.4 Å². The van der Waals surface area contributed by atoms with Crippen molar-refractivity contribution in [1.82, 2.24) is 10.0 Å². The highest BCUT2D eigenvalue weighted by Gasteiger charge is 2.21. The lowest BCUT2D eigenvalue weighted by Gasteiger charge is -2.12. The van der Waals surface area contributed by atoms with E-state index in [1.165, 1.54) is 26.4 Å². The molecule has 2 aromatic rings. The number of benzene rings is 2. The molecule has 26 heavy (non-hydrogen) atoms. The van der Waals surface area contributed by atoms with Gasteiger partial charge in [-0.3, -0.25) is 4.79 Å². The minimum Gasteiger partial charge on any atom is -0.497 e. The summed E-state index contributed by atoms with van der Waals surface area (Å²) in [6.45, 7) is 1.92. The summed E-state index contributed by atoms with van der Waals surface area (Å²) >= 11 is 0. The zero-order valence-electron chi connectivity index (χ0n) is 14.9. The quantitative estimate of drug-likeness (QED) is 0.728. The van der Waals surface area contributed by atoms with Gasteiger partial charge < -0.3 is 14.8 Å². The second-order valence-corrected chi connectivity index (χ2v) is 7.34. The van der Waals surface area contributed by atoms with Gasteiger partial charge in [-0.25, -0.2) is 13.1 Å². The number of ether oxygens (including phenoxy) is 2. The number of carbonyl (C=O) groups excluding carboxylic acids is 1. The third-order valence-corrected chi connectivity index (χ3v) is 5.12. The Kier molecular flexibility index (Phi) is 6.59. The van der Waals surface area contributed by atoms with Crippen LogP contribution >= 0.6 is 0 Å². The molecule has 7 nitrogen and oxygen atoms in total. The van der Waals surface area contributed by atoms with Crippen LogP contribution in [0.1, 0.15) is 11.1 Å². The molecule has 0 aliphatic heterocycles. The van der Waals surface area contributed by atoms with Crippen LogP contribution in [-0.2, 0) is 21.4 Å². The molecule has 0 saturated carbocycles. The molecular formula is C18H22N2O5S. The number of sulfonamides is 1. The molecular weight excluding hydrogens is 356 g/mol. The van der Waals surface area contributed by atoms with Crippen molar-refractivity contribution >= 4 is 15.9 Å². The van der Waals surface area contributed by atoms with Gasteiger partial charge in [0.1, 0.15) is 16.4 Å². The number of carbonyl (C=O) groups is 1. The Bertz CT molecular complexity index is 864. The van der Waals surface area contributed by atoms with Crippen molar-refractivity contribution in [2.24, 2.45) is 0 Å². The summed E-state index contributed by atoms with van der Waals surface area (Å²) in [4.78, 5) is 11.9. The number of aryl methyl sites for hydroxylation is 1.